The van der Waals surface area contributed by atoms with Crippen LogP contribution in [0.1, 0.15) is 39.2 Å². The molecule has 1 aromatic rings. The van der Waals surface area contributed by atoms with Crippen LogP contribution in [0.2, 0.25) is 0 Å². The Morgan fingerprint density at radius 2 is 1.91 bits per heavy atom. The van der Waals surface area contributed by atoms with E-state index in [2.05, 4.69) is 12.2 Å². The molecule has 0 fully saturated rings. The molecule has 120 valence electrons. The first-order valence-corrected chi connectivity index (χ1v) is 7.34. The normalized spacial score (nSPS) is 11.4. The van der Waals surface area contributed by atoms with Crippen LogP contribution >= 0.6 is 0 Å². The number of hydrogen-bond acceptors (Lipinski definition) is 3. The number of amides is 2. The second-order valence-electron chi connectivity index (χ2n) is 5.78. The molecule has 0 aliphatic carbocycles. The van der Waals surface area contributed by atoms with E-state index >= 15 is 0 Å². The number of nitrogens with two attached hydrogens (primary N) is 1. The lowest BCUT2D eigenvalue weighted by molar-refractivity contribution is -0.120. The van der Waals surface area contributed by atoms with Gasteiger partial charge in [-0.1, -0.05) is 25.5 Å². The molecular formula is C17H24N2O3. The Morgan fingerprint density at radius 1 is 1.27 bits per heavy atom. The van der Waals surface area contributed by atoms with Crippen molar-refractivity contribution >= 4 is 17.9 Å². The summed E-state index contributed by atoms with van der Waals surface area (Å²) in [6.07, 6.45) is 5.19. The molecular weight excluding hydrogens is 280 g/mol. The zero-order valence-corrected chi connectivity index (χ0v) is 13.4. The first kappa shape index (κ1) is 17.8. The van der Waals surface area contributed by atoms with E-state index in [1.54, 1.807) is 30.3 Å². The summed E-state index contributed by atoms with van der Waals surface area (Å²) >= 11 is 0. The summed E-state index contributed by atoms with van der Waals surface area (Å²) in [6, 6.07) is 7.05. The fourth-order valence-electron chi connectivity index (χ4n) is 2.06. The molecule has 0 saturated heterocycles. The summed E-state index contributed by atoms with van der Waals surface area (Å²) in [5, 5.41) is 2.97. The van der Waals surface area contributed by atoms with E-state index in [-0.39, 0.29) is 18.1 Å². The van der Waals surface area contributed by atoms with Crippen LogP contribution in [-0.4, -0.2) is 24.0 Å². The summed E-state index contributed by atoms with van der Waals surface area (Å²) in [6.45, 7) is 5.95. The maximum atomic E-state index is 11.9. The Labute approximate surface area is 131 Å². The van der Waals surface area contributed by atoms with Crippen LogP contribution in [0.3, 0.4) is 0 Å². The van der Waals surface area contributed by atoms with Crippen molar-refractivity contribution in [3.63, 3.8) is 0 Å². The average molecular weight is 304 g/mol. The highest BCUT2D eigenvalue weighted by molar-refractivity contribution is 5.92. The predicted octanol–water partition coefficient (Wildman–Crippen LogP) is 2.26. The van der Waals surface area contributed by atoms with Crippen LogP contribution in [0.25, 0.3) is 6.08 Å². The number of carbonyl (C=O) groups excluding carboxylic acids is 2. The maximum Gasteiger partial charge on any atom is 0.255 e. The third-order valence-corrected chi connectivity index (χ3v) is 3.02. The van der Waals surface area contributed by atoms with Gasteiger partial charge in [-0.15, -0.1) is 0 Å². The van der Waals surface area contributed by atoms with Gasteiger partial charge in [-0.3, -0.25) is 9.59 Å². The Hall–Kier alpha value is -2.30. The van der Waals surface area contributed by atoms with E-state index in [0.29, 0.717) is 5.75 Å². The van der Waals surface area contributed by atoms with Gasteiger partial charge in [0, 0.05) is 11.6 Å². The zero-order chi connectivity index (χ0) is 16.6. The molecule has 0 saturated carbocycles. The SMILES string of the molecule is CCCC(C)(C)NC(=O)/C=C\c1ccc(OCC(N)=O)cc1. The molecule has 1 aromatic carbocycles. The van der Waals surface area contributed by atoms with Crippen LogP contribution in [0, 0.1) is 0 Å². The van der Waals surface area contributed by atoms with Gasteiger partial charge < -0.3 is 15.8 Å². The molecule has 1 rings (SSSR count). The second kappa shape index (κ2) is 8.22. The third kappa shape index (κ3) is 6.92. The third-order valence-electron chi connectivity index (χ3n) is 3.02. The van der Waals surface area contributed by atoms with Crippen LogP contribution in [0.4, 0.5) is 0 Å². The highest BCUT2D eigenvalue weighted by Gasteiger charge is 2.17. The van der Waals surface area contributed by atoms with Gasteiger partial charge >= 0.3 is 0 Å². The van der Waals surface area contributed by atoms with E-state index in [1.165, 1.54) is 6.08 Å². The lowest BCUT2D eigenvalue weighted by atomic mass is 9.99. The number of ether oxygens (including phenoxy) is 1. The lowest BCUT2D eigenvalue weighted by Gasteiger charge is -2.24. The largest absolute Gasteiger partial charge is 0.484 e. The monoisotopic (exact) mass is 304 g/mol. The molecule has 5 nitrogen and oxygen atoms in total. The molecule has 0 spiro atoms. The van der Waals surface area contributed by atoms with Gasteiger partial charge in [-0.2, -0.15) is 0 Å². The molecule has 0 radical (unpaired) electrons. The molecule has 0 aromatic heterocycles. The topological polar surface area (TPSA) is 81.4 Å². The number of nitrogens with one attached hydrogen (secondary N) is 1. The number of hydrogen-bond donors (Lipinski definition) is 2. The maximum absolute atomic E-state index is 11.9. The van der Waals surface area contributed by atoms with Gasteiger partial charge in [0.05, 0.1) is 0 Å². The molecule has 5 heteroatoms. The Morgan fingerprint density at radius 3 is 2.45 bits per heavy atom. The Balaban J connectivity index is 2.55. The number of primary amides is 1. The van der Waals surface area contributed by atoms with Gasteiger partial charge in [0.25, 0.3) is 5.91 Å². The highest BCUT2D eigenvalue weighted by atomic mass is 16.5. The van der Waals surface area contributed by atoms with Gasteiger partial charge in [-0.05, 0) is 44.0 Å². The standard InChI is InChI=1S/C17H24N2O3/c1-4-11-17(2,3)19-16(21)10-7-13-5-8-14(9-6-13)22-12-15(18)20/h5-10H,4,11-12H2,1-3H3,(H2,18,20)(H,19,21)/b10-7-. The van der Waals surface area contributed by atoms with Gasteiger partial charge in [0.15, 0.2) is 6.61 Å². The molecule has 3 N–H and O–H groups in total. The van der Waals surface area contributed by atoms with Crippen molar-refractivity contribution in [3.8, 4) is 5.75 Å². The molecule has 0 aliphatic heterocycles. The van der Waals surface area contributed by atoms with Crippen molar-refractivity contribution in [1.29, 1.82) is 0 Å². The summed E-state index contributed by atoms with van der Waals surface area (Å²) in [4.78, 5) is 22.5. The van der Waals surface area contributed by atoms with Crippen LogP contribution < -0.4 is 15.8 Å². The molecule has 0 unspecified atom stereocenters. The van der Waals surface area contributed by atoms with Crippen molar-refractivity contribution in [2.24, 2.45) is 5.73 Å². The van der Waals surface area contributed by atoms with Gasteiger partial charge in [-0.25, -0.2) is 0 Å². The van der Waals surface area contributed by atoms with Crippen LogP contribution in [0.15, 0.2) is 30.3 Å². The molecule has 0 aliphatic rings. The van der Waals surface area contributed by atoms with E-state index in [0.717, 1.165) is 18.4 Å². The fraction of sp³-hybridized carbons (Fsp3) is 0.412. The Kier molecular flexibility index (Phi) is 6.63. The van der Waals surface area contributed by atoms with Crippen molar-refractivity contribution in [1.82, 2.24) is 5.32 Å². The minimum atomic E-state index is -0.518. The number of benzene rings is 1. The number of rotatable bonds is 8. The second-order valence-corrected chi connectivity index (χ2v) is 5.78. The Bertz CT molecular complexity index is 533. The summed E-state index contributed by atoms with van der Waals surface area (Å²) in [5.41, 5.74) is 5.67. The number of carbonyl (C=O) groups is 2. The molecule has 22 heavy (non-hydrogen) atoms. The predicted molar refractivity (Wildman–Crippen MR) is 87.3 cm³/mol. The highest BCUT2D eigenvalue weighted by Crippen LogP contribution is 2.14. The van der Waals surface area contributed by atoms with Crippen molar-refractivity contribution in [2.45, 2.75) is 39.2 Å². The van der Waals surface area contributed by atoms with Crippen LogP contribution in [-0.2, 0) is 9.59 Å². The molecule has 2 amide bonds. The molecule has 0 heterocycles. The van der Waals surface area contributed by atoms with E-state index < -0.39 is 5.91 Å². The van der Waals surface area contributed by atoms with Crippen LogP contribution in [0.5, 0.6) is 5.75 Å². The summed E-state index contributed by atoms with van der Waals surface area (Å²) in [7, 11) is 0. The van der Waals surface area contributed by atoms with E-state index in [1.807, 2.05) is 13.8 Å². The first-order valence-electron chi connectivity index (χ1n) is 7.34. The summed E-state index contributed by atoms with van der Waals surface area (Å²) < 4.78 is 5.16. The van der Waals surface area contributed by atoms with E-state index in [4.69, 9.17) is 10.5 Å². The smallest absolute Gasteiger partial charge is 0.255 e. The zero-order valence-electron chi connectivity index (χ0n) is 13.4. The minimum absolute atomic E-state index is 0.118. The quantitative estimate of drug-likeness (QED) is 0.723. The summed E-state index contributed by atoms with van der Waals surface area (Å²) in [5.74, 6) is -0.0766. The average Bonchev–Trinajstić information content (AvgIpc) is 2.43. The van der Waals surface area contributed by atoms with E-state index in [9.17, 15) is 9.59 Å². The van der Waals surface area contributed by atoms with Crippen molar-refractivity contribution < 1.29 is 14.3 Å². The minimum Gasteiger partial charge on any atom is -0.484 e. The molecule has 0 bridgehead atoms. The lowest BCUT2D eigenvalue weighted by Crippen LogP contribution is -2.42. The van der Waals surface area contributed by atoms with Gasteiger partial charge in [0.2, 0.25) is 5.91 Å². The molecule has 0 atom stereocenters. The van der Waals surface area contributed by atoms with Gasteiger partial charge in [0.1, 0.15) is 5.75 Å². The first-order chi connectivity index (χ1) is 10.3. The van der Waals surface area contributed by atoms with Crippen molar-refractivity contribution in [2.75, 3.05) is 6.61 Å². The fourth-order valence-corrected chi connectivity index (χ4v) is 2.06. The van der Waals surface area contributed by atoms with Crippen molar-refractivity contribution in [3.05, 3.63) is 35.9 Å².